The Bertz CT molecular complexity index is 1730. The second kappa shape index (κ2) is 11.3. The van der Waals surface area contributed by atoms with Crippen molar-refractivity contribution in [2.75, 3.05) is 25.1 Å². The Kier molecular flexibility index (Phi) is 7.54. The van der Waals surface area contributed by atoms with Crippen molar-refractivity contribution >= 4 is 34.2 Å². The molecule has 13 heteroatoms. The van der Waals surface area contributed by atoms with Crippen LogP contribution in [0.1, 0.15) is 36.3 Å². The van der Waals surface area contributed by atoms with Gasteiger partial charge in [-0.25, -0.2) is 13.8 Å². The maximum absolute atomic E-state index is 14.3. The lowest BCUT2D eigenvalue weighted by Gasteiger charge is -2.41. The van der Waals surface area contributed by atoms with Gasteiger partial charge in [-0.3, -0.25) is 9.69 Å². The molecule has 1 unspecified atom stereocenters. The molecule has 5 heterocycles. The van der Waals surface area contributed by atoms with Crippen molar-refractivity contribution in [2.45, 2.75) is 49.3 Å². The van der Waals surface area contributed by atoms with Gasteiger partial charge in [0.25, 0.3) is 0 Å². The van der Waals surface area contributed by atoms with Crippen LogP contribution in [0.15, 0.2) is 58.6 Å². The fraction of sp³-hybridized carbons (Fsp3) is 0.345. The summed E-state index contributed by atoms with van der Waals surface area (Å²) in [7, 11) is 1.55. The molecule has 2 aliphatic heterocycles. The Balaban J connectivity index is 1.37. The second-order valence-corrected chi connectivity index (χ2v) is 11.8. The molecule has 0 bridgehead atoms. The normalized spacial score (nSPS) is 18.2. The molecule has 1 fully saturated rings. The van der Waals surface area contributed by atoms with E-state index in [4.69, 9.17) is 4.74 Å². The number of benzene rings is 1. The lowest BCUT2D eigenvalue weighted by molar-refractivity contribution is -0.389. The number of nitro groups is 1. The van der Waals surface area contributed by atoms with Gasteiger partial charge in [-0.2, -0.15) is 0 Å². The standard InChI is InChI=1S/C29H28F2N6O4S/c1-17-36-25-12-24(31)23(30)11-21(25)28(38)22(29(36)42-17)16-35(14-18-7-8-32-27(10-18)41-2)20-4-3-9-34(15-20)19-5-6-26(33-13-19)37(39)40/h5-8,10-13,17,20H,3-4,9,14-16H2,1-2H3/t17?,20-/m0/s1. The number of thioether (sulfide) groups is 1. The first-order chi connectivity index (χ1) is 20.2. The van der Waals surface area contributed by atoms with E-state index < -0.39 is 16.6 Å². The van der Waals surface area contributed by atoms with E-state index in [0.717, 1.165) is 47.8 Å². The van der Waals surface area contributed by atoms with Gasteiger partial charge in [0.05, 0.1) is 28.7 Å². The van der Waals surface area contributed by atoms with E-state index in [9.17, 15) is 23.7 Å². The van der Waals surface area contributed by atoms with Crippen LogP contribution in [0.4, 0.5) is 20.3 Å². The van der Waals surface area contributed by atoms with Crippen molar-refractivity contribution < 1.29 is 18.4 Å². The molecule has 10 nitrogen and oxygen atoms in total. The number of hydrogen-bond acceptors (Lipinski definition) is 9. The Labute approximate surface area is 244 Å². The molecule has 1 saturated heterocycles. The second-order valence-electron chi connectivity index (χ2n) is 10.5. The quantitative estimate of drug-likeness (QED) is 0.199. The maximum atomic E-state index is 14.3. The van der Waals surface area contributed by atoms with Crippen molar-refractivity contribution in [2.24, 2.45) is 0 Å². The number of aromatic nitrogens is 3. The van der Waals surface area contributed by atoms with Gasteiger partial charge in [0.2, 0.25) is 5.88 Å². The molecule has 6 rings (SSSR count). The molecule has 218 valence electrons. The van der Waals surface area contributed by atoms with Crippen LogP contribution in [0, 0.1) is 21.7 Å². The van der Waals surface area contributed by atoms with Crippen LogP contribution < -0.4 is 15.1 Å². The van der Waals surface area contributed by atoms with Crippen LogP contribution in [0.5, 0.6) is 5.88 Å². The number of halogens is 2. The number of piperidine rings is 1. The lowest BCUT2D eigenvalue weighted by Crippen LogP contribution is -2.48. The Hall–Kier alpha value is -4.10. The van der Waals surface area contributed by atoms with Gasteiger partial charge < -0.3 is 24.3 Å². The summed E-state index contributed by atoms with van der Waals surface area (Å²) in [5, 5.41) is 12.0. The Morgan fingerprint density at radius 3 is 2.69 bits per heavy atom. The fourth-order valence-corrected chi connectivity index (χ4v) is 6.95. The molecule has 3 aromatic heterocycles. The van der Waals surface area contributed by atoms with E-state index in [-0.39, 0.29) is 28.0 Å². The fourth-order valence-electron chi connectivity index (χ4n) is 5.80. The van der Waals surface area contributed by atoms with Crippen LogP contribution in [-0.2, 0) is 13.1 Å². The number of hydrogen-bond donors (Lipinski definition) is 0. The third-order valence-electron chi connectivity index (χ3n) is 7.89. The first-order valence-electron chi connectivity index (χ1n) is 13.5. The summed E-state index contributed by atoms with van der Waals surface area (Å²) in [5.41, 5.74) is 2.37. The average Bonchev–Trinajstić information content (AvgIpc) is 2.99. The number of rotatable bonds is 8. The molecule has 42 heavy (non-hydrogen) atoms. The highest BCUT2D eigenvalue weighted by Gasteiger charge is 2.33. The van der Waals surface area contributed by atoms with Gasteiger partial charge in [0.1, 0.15) is 0 Å². The van der Waals surface area contributed by atoms with E-state index in [1.807, 2.05) is 23.6 Å². The SMILES string of the molecule is COc1cc(CN(Cc2c3n(c4cc(F)c(F)cc4c2=O)C(C)S3)[C@H]2CCCN(c3ccc([N+](=O)[O-])nc3)C2)ccn1. The van der Waals surface area contributed by atoms with E-state index >= 15 is 0 Å². The summed E-state index contributed by atoms with van der Waals surface area (Å²) in [6.07, 6.45) is 4.92. The molecular formula is C29H28F2N6O4S. The molecular weight excluding hydrogens is 566 g/mol. The monoisotopic (exact) mass is 594 g/mol. The van der Waals surface area contributed by atoms with Crippen molar-refractivity contribution in [3.8, 4) is 5.88 Å². The minimum absolute atomic E-state index is 0.0105. The minimum atomic E-state index is -1.05. The Morgan fingerprint density at radius 1 is 1.17 bits per heavy atom. The van der Waals surface area contributed by atoms with Gasteiger partial charge in [-0.15, -0.1) is 0 Å². The van der Waals surface area contributed by atoms with E-state index in [2.05, 4.69) is 19.8 Å². The van der Waals surface area contributed by atoms with Crippen molar-refractivity contribution in [3.63, 3.8) is 0 Å². The number of pyridine rings is 3. The summed E-state index contributed by atoms with van der Waals surface area (Å²) in [6.45, 7) is 4.13. The van der Waals surface area contributed by atoms with Crippen molar-refractivity contribution in [3.05, 3.63) is 91.9 Å². The number of anilines is 1. The van der Waals surface area contributed by atoms with Crippen molar-refractivity contribution in [1.82, 2.24) is 19.4 Å². The van der Waals surface area contributed by atoms with Gasteiger partial charge in [0.15, 0.2) is 23.3 Å². The summed E-state index contributed by atoms with van der Waals surface area (Å²) in [4.78, 5) is 36.9. The summed E-state index contributed by atoms with van der Waals surface area (Å²) in [5.74, 6) is -1.76. The first kappa shape index (κ1) is 28.0. The molecule has 2 aliphatic rings. The third kappa shape index (κ3) is 5.18. The molecule has 0 N–H and O–H groups in total. The summed E-state index contributed by atoms with van der Waals surface area (Å²) in [6, 6.07) is 8.97. The van der Waals surface area contributed by atoms with Gasteiger partial charge >= 0.3 is 5.82 Å². The van der Waals surface area contributed by atoms with Gasteiger partial charge in [0, 0.05) is 67.6 Å². The van der Waals surface area contributed by atoms with E-state index in [0.29, 0.717) is 36.6 Å². The van der Waals surface area contributed by atoms with Crippen LogP contribution in [-0.4, -0.2) is 50.6 Å². The summed E-state index contributed by atoms with van der Waals surface area (Å²) >= 11 is 1.54. The largest absolute Gasteiger partial charge is 0.481 e. The van der Waals surface area contributed by atoms with Crippen LogP contribution in [0.25, 0.3) is 10.9 Å². The van der Waals surface area contributed by atoms with Crippen LogP contribution in [0.3, 0.4) is 0 Å². The van der Waals surface area contributed by atoms with Gasteiger partial charge in [-0.1, -0.05) is 11.8 Å². The number of methoxy groups -OCH3 is 1. The molecule has 0 spiro atoms. The zero-order chi connectivity index (χ0) is 29.5. The number of nitrogens with zero attached hydrogens (tertiary/aromatic N) is 6. The first-order valence-corrected chi connectivity index (χ1v) is 14.4. The zero-order valence-electron chi connectivity index (χ0n) is 23.0. The lowest BCUT2D eigenvalue weighted by atomic mass is 10.0. The molecule has 1 aromatic carbocycles. The summed E-state index contributed by atoms with van der Waals surface area (Å²) < 4.78 is 35.7. The average molecular weight is 595 g/mol. The smallest absolute Gasteiger partial charge is 0.363 e. The minimum Gasteiger partial charge on any atom is -0.481 e. The number of ether oxygens (including phenoxy) is 1. The number of fused-ring (bicyclic) bond motifs is 3. The van der Waals surface area contributed by atoms with Crippen LogP contribution in [0.2, 0.25) is 0 Å². The van der Waals surface area contributed by atoms with E-state index in [1.165, 1.54) is 24.0 Å². The molecule has 0 aliphatic carbocycles. The Morgan fingerprint density at radius 2 is 1.98 bits per heavy atom. The van der Waals surface area contributed by atoms with E-state index in [1.54, 1.807) is 19.4 Å². The van der Waals surface area contributed by atoms with Crippen LogP contribution >= 0.6 is 11.8 Å². The predicted octanol–water partition coefficient (Wildman–Crippen LogP) is 5.28. The molecule has 4 aromatic rings. The third-order valence-corrected chi connectivity index (χ3v) is 9.11. The predicted molar refractivity (Wildman–Crippen MR) is 155 cm³/mol. The molecule has 2 atom stereocenters. The molecule has 0 amide bonds. The maximum Gasteiger partial charge on any atom is 0.363 e. The highest BCUT2D eigenvalue weighted by atomic mass is 32.2. The topological polar surface area (TPSA) is 107 Å². The zero-order valence-corrected chi connectivity index (χ0v) is 23.8. The molecule has 0 saturated carbocycles. The van der Waals surface area contributed by atoms with Gasteiger partial charge in [-0.05, 0) is 53.4 Å². The molecule has 0 radical (unpaired) electrons. The highest BCUT2D eigenvalue weighted by Crippen LogP contribution is 2.46. The van der Waals surface area contributed by atoms with Crippen molar-refractivity contribution in [1.29, 1.82) is 0 Å². The highest BCUT2D eigenvalue weighted by molar-refractivity contribution is 8.00.